The third-order valence-electron chi connectivity index (χ3n) is 5.23. The summed E-state index contributed by atoms with van der Waals surface area (Å²) in [5.74, 6) is -4.30. The van der Waals surface area contributed by atoms with Crippen LogP contribution in [0.15, 0.2) is 53.6 Å². The number of aromatic nitrogens is 1. The highest BCUT2D eigenvalue weighted by Crippen LogP contribution is 2.23. The summed E-state index contributed by atoms with van der Waals surface area (Å²) < 4.78 is 27.3. The van der Waals surface area contributed by atoms with Crippen molar-refractivity contribution < 1.29 is 42.9 Å². The molecule has 5 N–H and O–H groups in total. The Hall–Kier alpha value is -3.50. The van der Waals surface area contributed by atoms with Crippen LogP contribution in [-0.2, 0) is 31.9 Å². The van der Waals surface area contributed by atoms with Crippen molar-refractivity contribution in [3.63, 3.8) is 0 Å². The fraction of sp³-hybridized carbons (Fsp3) is 0.208. The maximum atomic E-state index is 12.7. The molecule has 0 aliphatic heterocycles. The predicted octanol–water partition coefficient (Wildman–Crippen LogP) is 2.75. The molecule has 0 spiro atoms. The zero-order valence-electron chi connectivity index (χ0n) is 20.4. The molecule has 0 bridgehead atoms. The topological polar surface area (TPSA) is 200 Å². The van der Waals surface area contributed by atoms with Crippen molar-refractivity contribution >= 4 is 68.4 Å². The van der Waals surface area contributed by atoms with E-state index in [9.17, 15) is 37.8 Å². The van der Waals surface area contributed by atoms with Gasteiger partial charge in [-0.3, -0.25) is 14.4 Å². The standard InChI is InChI=1S/C24H22ClN3O9S3/c25-16-4-2-1-3-13(16)11-38-12-19(30)17(8-22(31)32)28-23(33)20-9-26-21(39-20)10-27-40(36,37)14-5-6-18(29)15(7-14)24(34)35/h1-7,9,17,27,29H,8,10-12H2,(H,28,33)(H,31,32)(H,34,35)/t17-/m1/s1. The van der Waals surface area contributed by atoms with Crippen LogP contribution in [0.4, 0.5) is 0 Å². The highest BCUT2D eigenvalue weighted by Gasteiger charge is 2.25. The van der Waals surface area contributed by atoms with Crippen molar-refractivity contribution in [2.24, 2.45) is 0 Å². The second kappa shape index (κ2) is 13.7. The summed E-state index contributed by atoms with van der Waals surface area (Å²) in [5, 5.41) is 31.0. The van der Waals surface area contributed by atoms with E-state index in [-0.39, 0.29) is 22.2 Å². The largest absolute Gasteiger partial charge is 0.507 e. The molecule has 0 saturated heterocycles. The van der Waals surface area contributed by atoms with Crippen molar-refractivity contribution in [3.05, 3.63) is 74.7 Å². The number of aromatic carboxylic acids is 1. The third kappa shape index (κ3) is 8.50. The Labute approximate surface area is 241 Å². The first-order valence-corrected chi connectivity index (χ1v) is 15.1. The SMILES string of the molecule is O=C(O)C[C@@H](NC(=O)c1cnc(CNS(=O)(=O)c2ccc(O)c(C(=O)O)c2)s1)C(=O)CSCc1ccccc1Cl. The number of hydrogen-bond donors (Lipinski definition) is 5. The summed E-state index contributed by atoms with van der Waals surface area (Å²) >= 11 is 8.14. The van der Waals surface area contributed by atoms with Gasteiger partial charge in [0.1, 0.15) is 21.2 Å². The van der Waals surface area contributed by atoms with E-state index >= 15 is 0 Å². The summed E-state index contributed by atoms with van der Waals surface area (Å²) in [6.07, 6.45) is 0.523. The highest BCUT2D eigenvalue weighted by atomic mass is 35.5. The fourth-order valence-electron chi connectivity index (χ4n) is 3.22. The first kappa shape index (κ1) is 31.0. The molecule has 3 rings (SSSR count). The summed E-state index contributed by atoms with van der Waals surface area (Å²) in [5.41, 5.74) is 0.213. The number of carboxylic acid groups (broad SMARTS) is 2. The van der Waals surface area contributed by atoms with E-state index in [0.717, 1.165) is 41.3 Å². The zero-order valence-corrected chi connectivity index (χ0v) is 23.6. The number of nitrogens with zero attached hydrogens (tertiary/aromatic N) is 1. The number of phenols is 1. The first-order valence-electron chi connectivity index (χ1n) is 11.2. The lowest BCUT2D eigenvalue weighted by atomic mass is 10.1. The van der Waals surface area contributed by atoms with Gasteiger partial charge in [-0.1, -0.05) is 29.8 Å². The monoisotopic (exact) mass is 627 g/mol. The van der Waals surface area contributed by atoms with Crippen LogP contribution in [0.3, 0.4) is 0 Å². The smallest absolute Gasteiger partial charge is 0.339 e. The van der Waals surface area contributed by atoms with Gasteiger partial charge in [-0.25, -0.2) is 22.9 Å². The molecule has 40 heavy (non-hydrogen) atoms. The van der Waals surface area contributed by atoms with Crippen molar-refractivity contribution in [3.8, 4) is 5.75 Å². The maximum Gasteiger partial charge on any atom is 0.339 e. The van der Waals surface area contributed by atoms with E-state index < -0.39 is 62.3 Å². The Bertz CT molecular complexity index is 1540. The highest BCUT2D eigenvalue weighted by molar-refractivity contribution is 7.99. The van der Waals surface area contributed by atoms with Crippen molar-refractivity contribution in [1.29, 1.82) is 0 Å². The van der Waals surface area contributed by atoms with Crippen LogP contribution in [0.25, 0.3) is 0 Å². The molecule has 0 saturated carbocycles. The van der Waals surface area contributed by atoms with Gasteiger partial charge >= 0.3 is 11.9 Å². The number of nitrogens with one attached hydrogen (secondary N) is 2. The Balaban J connectivity index is 1.61. The molecular weight excluding hydrogens is 606 g/mol. The van der Waals surface area contributed by atoms with Crippen molar-refractivity contribution in [2.75, 3.05) is 5.75 Å². The van der Waals surface area contributed by atoms with Gasteiger partial charge in [-0.15, -0.1) is 23.1 Å². The van der Waals surface area contributed by atoms with E-state index in [1.807, 2.05) is 0 Å². The molecule has 16 heteroatoms. The number of ketones is 1. The number of carbonyl (C=O) groups excluding carboxylic acids is 2. The molecule has 1 atom stereocenters. The number of carbonyl (C=O) groups is 4. The average molecular weight is 628 g/mol. The van der Waals surface area contributed by atoms with Crippen LogP contribution in [0.1, 0.15) is 37.0 Å². The molecule has 1 heterocycles. The minimum absolute atomic E-state index is 0.0129. The van der Waals surface area contributed by atoms with E-state index in [0.29, 0.717) is 10.8 Å². The Morgan fingerprint density at radius 2 is 1.82 bits per heavy atom. The normalized spacial score (nSPS) is 12.0. The van der Waals surface area contributed by atoms with Gasteiger partial charge in [0, 0.05) is 10.8 Å². The lowest BCUT2D eigenvalue weighted by Gasteiger charge is -2.15. The molecule has 0 fully saturated rings. The molecule has 1 aromatic heterocycles. The van der Waals surface area contributed by atoms with Crippen molar-refractivity contribution in [2.45, 2.75) is 29.7 Å². The molecule has 1 amide bonds. The maximum absolute atomic E-state index is 12.7. The summed E-state index contributed by atoms with van der Waals surface area (Å²) in [4.78, 5) is 51.5. The number of amides is 1. The van der Waals surface area contributed by atoms with Crippen LogP contribution in [-0.4, -0.2) is 64.1 Å². The van der Waals surface area contributed by atoms with Crippen LogP contribution >= 0.6 is 34.7 Å². The number of sulfonamides is 1. The number of thioether (sulfide) groups is 1. The van der Waals surface area contributed by atoms with Gasteiger partial charge in [0.25, 0.3) is 5.91 Å². The Morgan fingerprint density at radius 3 is 2.50 bits per heavy atom. The molecule has 12 nitrogen and oxygen atoms in total. The number of aliphatic carboxylic acids is 1. The molecule has 212 valence electrons. The minimum atomic E-state index is -4.20. The average Bonchev–Trinajstić information content (AvgIpc) is 3.37. The second-order valence-electron chi connectivity index (χ2n) is 8.10. The number of carboxylic acids is 2. The number of aromatic hydroxyl groups is 1. The first-order chi connectivity index (χ1) is 18.9. The zero-order chi connectivity index (χ0) is 29.4. The van der Waals surface area contributed by atoms with Gasteiger partial charge in [-0.2, -0.15) is 0 Å². The fourth-order valence-corrected chi connectivity index (χ4v) is 6.34. The van der Waals surface area contributed by atoms with Gasteiger partial charge in [0.15, 0.2) is 5.78 Å². The summed E-state index contributed by atoms with van der Waals surface area (Å²) in [7, 11) is -4.20. The van der Waals surface area contributed by atoms with Gasteiger partial charge in [0.05, 0.1) is 35.9 Å². The van der Waals surface area contributed by atoms with E-state index in [1.165, 1.54) is 11.8 Å². The number of thiazole rings is 1. The quantitative estimate of drug-likeness (QED) is 0.176. The summed E-state index contributed by atoms with van der Waals surface area (Å²) in [6, 6.07) is 8.54. The van der Waals surface area contributed by atoms with Crippen molar-refractivity contribution in [1.82, 2.24) is 15.0 Å². The molecule has 3 aromatic rings. The third-order valence-corrected chi connectivity index (χ3v) is 9.00. The Morgan fingerprint density at radius 1 is 1.10 bits per heavy atom. The molecule has 2 aromatic carbocycles. The van der Waals surface area contributed by atoms with Gasteiger partial charge in [0.2, 0.25) is 10.0 Å². The molecule has 0 aliphatic carbocycles. The molecule has 0 unspecified atom stereocenters. The lowest BCUT2D eigenvalue weighted by molar-refractivity contribution is -0.139. The van der Waals surface area contributed by atoms with Crippen LogP contribution in [0.5, 0.6) is 5.75 Å². The minimum Gasteiger partial charge on any atom is -0.507 e. The second-order valence-corrected chi connectivity index (χ2v) is 12.4. The number of benzene rings is 2. The molecule has 0 radical (unpaired) electrons. The van der Waals surface area contributed by atoms with E-state index in [2.05, 4.69) is 15.0 Å². The number of halogens is 1. The van der Waals surface area contributed by atoms with Crippen LogP contribution < -0.4 is 10.0 Å². The predicted molar refractivity (Wildman–Crippen MR) is 147 cm³/mol. The number of Topliss-reactive ketones (excluding diaryl/α,β-unsaturated/α-hetero) is 1. The lowest BCUT2D eigenvalue weighted by Crippen LogP contribution is -2.43. The van der Waals surface area contributed by atoms with Gasteiger partial charge in [-0.05, 0) is 29.8 Å². The Kier molecular flexibility index (Phi) is 10.6. The van der Waals surface area contributed by atoms with Crippen LogP contribution in [0, 0.1) is 0 Å². The van der Waals surface area contributed by atoms with E-state index in [1.54, 1.807) is 24.3 Å². The molecular formula is C24H22ClN3O9S3. The number of rotatable bonds is 14. The summed E-state index contributed by atoms with van der Waals surface area (Å²) in [6.45, 7) is -0.347. The van der Waals surface area contributed by atoms with Gasteiger partial charge < -0.3 is 20.6 Å². The van der Waals surface area contributed by atoms with Crippen LogP contribution in [0.2, 0.25) is 5.02 Å². The molecule has 0 aliphatic rings. The number of hydrogen-bond acceptors (Lipinski definition) is 10. The van der Waals surface area contributed by atoms with E-state index in [4.69, 9.17) is 16.7 Å².